The summed E-state index contributed by atoms with van der Waals surface area (Å²) in [6.07, 6.45) is 0. The molecule has 0 amide bonds. The number of nitro benzene ring substituents is 2. The Morgan fingerprint density at radius 1 is 1.16 bits per heavy atom. The van der Waals surface area contributed by atoms with Crippen molar-refractivity contribution in [3.63, 3.8) is 0 Å². The third-order valence-corrected chi connectivity index (χ3v) is 2.89. The molecule has 3 N–H and O–H groups in total. The molecule has 0 saturated carbocycles. The standard InChI is InChI=1S/C12H5ClN8O4/c13-8-1-7(20(22)23)2-10(21(24)25)12(8)19-18-9(5-16)11(17)6(3-14)4-15/h1-2,19H,17H2/b18-9-. The van der Waals surface area contributed by atoms with Crippen LogP contribution in [0.4, 0.5) is 17.1 Å². The number of rotatable bonds is 5. The zero-order valence-electron chi connectivity index (χ0n) is 11.9. The van der Waals surface area contributed by atoms with Gasteiger partial charge in [0.2, 0.25) is 0 Å². The maximum atomic E-state index is 11.0. The summed E-state index contributed by atoms with van der Waals surface area (Å²) >= 11 is 5.77. The molecule has 25 heavy (non-hydrogen) atoms. The Hall–Kier alpha value is -4.21. The highest BCUT2D eigenvalue weighted by Crippen LogP contribution is 2.36. The highest BCUT2D eigenvalue weighted by molar-refractivity contribution is 6.34. The van der Waals surface area contributed by atoms with E-state index in [0.717, 1.165) is 6.07 Å². The number of nitrogens with zero attached hydrogens (tertiary/aromatic N) is 6. The van der Waals surface area contributed by atoms with Gasteiger partial charge in [-0.25, -0.2) is 0 Å². The van der Waals surface area contributed by atoms with Crippen molar-refractivity contribution in [2.24, 2.45) is 10.8 Å². The van der Waals surface area contributed by atoms with Gasteiger partial charge >= 0.3 is 5.69 Å². The minimum Gasteiger partial charge on any atom is -0.395 e. The Kier molecular flexibility index (Phi) is 5.93. The average molecular weight is 361 g/mol. The summed E-state index contributed by atoms with van der Waals surface area (Å²) in [5.41, 5.74) is 3.95. The Balaban J connectivity index is 3.46. The first-order chi connectivity index (χ1) is 11.8. The first-order valence-corrected chi connectivity index (χ1v) is 6.31. The molecule has 0 saturated heterocycles. The predicted octanol–water partition coefficient (Wildman–Crippen LogP) is 1.71. The first-order valence-electron chi connectivity index (χ1n) is 5.93. The van der Waals surface area contributed by atoms with Gasteiger partial charge in [-0.1, -0.05) is 11.6 Å². The number of hydrazone groups is 1. The molecule has 124 valence electrons. The van der Waals surface area contributed by atoms with Crippen molar-refractivity contribution >= 4 is 34.4 Å². The molecule has 0 aliphatic carbocycles. The van der Waals surface area contributed by atoms with Gasteiger partial charge in [0.15, 0.2) is 17.0 Å². The van der Waals surface area contributed by atoms with Crippen molar-refractivity contribution in [3.05, 3.63) is 48.7 Å². The van der Waals surface area contributed by atoms with Crippen molar-refractivity contribution in [1.82, 2.24) is 0 Å². The number of non-ortho nitro benzene ring substituents is 1. The molecule has 0 atom stereocenters. The summed E-state index contributed by atoms with van der Waals surface area (Å²) in [6, 6.07) is 5.88. The maximum absolute atomic E-state index is 11.0. The van der Waals surface area contributed by atoms with Gasteiger partial charge in [0.05, 0.1) is 26.6 Å². The van der Waals surface area contributed by atoms with Gasteiger partial charge in [0, 0.05) is 6.07 Å². The lowest BCUT2D eigenvalue weighted by molar-refractivity contribution is -0.393. The molecule has 1 rings (SSSR count). The second-order valence-electron chi connectivity index (χ2n) is 4.03. The summed E-state index contributed by atoms with van der Waals surface area (Å²) in [5.74, 6) is 0. The van der Waals surface area contributed by atoms with Crippen LogP contribution in [-0.2, 0) is 0 Å². The molecule has 0 aromatic heterocycles. The predicted molar refractivity (Wildman–Crippen MR) is 83.9 cm³/mol. The number of anilines is 1. The highest BCUT2D eigenvalue weighted by Gasteiger charge is 2.23. The molecular formula is C12H5ClN8O4. The minimum absolute atomic E-state index is 0.412. The molecule has 0 fully saturated rings. The van der Waals surface area contributed by atoms with E-state index in [9.17, 15) is 20.2 Å². The molecule has 0 heterocycles. The second-order valence-corrected chi connectivity index (χ2v) is 4.44. The number of hydrogen-bond donors (Lipinski definition) is 2. The molecule has 1 aromatic carbocycles. The van der Waals surface area contributed by atoms with Gasteiger partial charge in [-0.2, -0.15) is 20.9 Å². The van der Waals surface area contributed by atoms with Crippen LogP contribution in [0.15, 0.2) is 28.5 Å². The van der Waals surface area contributed by atoms with E-state index < -0.39 is 48.9 Å². The quantitative estimate of drug-likeness (QED) is 0.338. The Bertz CT molecular complexity index is 932. The third-order valence-electron chi connectivity index (χ3n) is 2.60. The second kappa shape index (κ2) is 7.87. The van der Waals surface area contributed by atoms with Crippen molar-refractivity contribution < 1.29 is 9.85 Å². The molecule has 0 aliphatic rings. The molecular weight excluding hydrogens is 356 g/mol. The smallest absolute Gasteiger partial charge is 0.302 e. The maximum Gasteiger partial charge on any atom is 0.302 e. The lowest BCUT2D eigenvalue weighted by atomic mass is 10.2. The third kappa shape index (κ3) is 4.16. The van der Waals surface area contributed by atoms with Gasteiger partial charge in [0.25, 0.3) is 5.69 Å². The number of hydrogen-bond acceptors (Lipinski definition) is 10. The number of allylic oxidation sites excluding steroid dienone is 2. The molecule has 0 spiro atoms. The Morgan fingerprint density at radius 2 is 1.76 bits per heavy atom. The van der Waals surface area contributed by atoms with Crippen molar-refractivity contribution in [2.45, 2.75) is 0 Å². The van der Waals surface area contributed by atoms with E-state index >= 15 is 0 Å². The summed E-state index contributed by atoms with van der Waals surface area (Å²) in [6.45, 7) is 0. The van der Waals surface area contributed by atoms with Gasteiger partial charge < -0.3 is 5.73 Å². The number of nitro groups is 2. The van der Waals surface area contributed by atoms with Crippen molar-refractivity contribution in [3.8, 4) is 18.2 Å². The molecule has 1 aromatic rings. The lowest BCUT2D eigenvalue weighted by Gasteiger charge is -2.06. The summed E-state index contributed by atoms with van der Waals surface area (Å²) in [5, 5.41) is 51.2. The number of nitrogens with two attached hydrogens (primary N) is 1. The van der Waals surface area contributed by atoms with Crippen molar-refractivity contribution in [2.75, 3.05) is 5.43 Å². The van der Waals surface area contributed by atoms with Crippen LogP contribution in [0.2, 0.25) is 5.02 Å². The summed E-state index contributed by atoms with van der Waals surface area (Å²) in [7, 11) is 0. The van der Waals surface area contributed by atoms with Gasteiger partial charge in [0.1, 0.15) is 18.2 Å². The zero-order chi connectivity index (χ0) is 19.1. The number of nitriles is 3. The van der Waals surface area contributed by atoms with E-state index in [-0.39, 0.29) is 0 Å². The van der Waals surface area contributed by atoms with Crippen LogP contribution < -0.4 is 11.2 Å². The summed E-state index contributed by atoms with van der Waals surface area (Å²) in [4.78, 5) is 20.0. The molecule has 0 aliphatic heterocycles. The number of nitrogens with one attached hydrogen (secondary N) is 1. The molecule has 13 heteroatoms. The molecule has 0 unspecified atom stereocenters. The lowest BCUT2D eigenvalue weighted by Crippen LogP contribution is -2.14. The van der Waals surface area contributed by atoms with Crippen LogP contribution in [-0.4, -0.2) is 15.6 Å². The van der Waals surface area contributed by atoms with Crippen LogP contribution in [0.1, 0.15) is 0 Å². The van der Waals surface area contributed by atoms with E-state index in [0.29, 0.717) is 6.07 Å². The van der Waals surface area contributed by atoms with Crippen LogP contribution in [0, 0.1) is 54.2 Å². The van der Waals surface area contributed by atoms with E-state index in [2.05, 4.69) is 10.5 Å². The Labute approximate surface area is 143 Å². The van der Waals surface area contributed by atoms with Crippen LogP contribution in [0.25, 0.3) is 0 Å². The summed E-state index contributed by atoms with van der Waals surface area (Å²) < 4.78 is 0. The SMILES string of the molecule is N#CC(C#N)=C(N)/C(C#N)=N\Nc1c(Cl)cc([N+](=O)[O-])cc1[N+](=O)[O-]. The van der Waals surface area contributed by atoms with Gasteiger partial charge in [-0.05, 0) is 0 Å². The van der Waals surface area contributed by atoms with Crippen LogP contribution in [0.5, 0.6) is 0 Å². The van der Waals surface area contributed by atoms with Crippen LogP contribution in [0.3, 0.4) is 0 Å². The molecule has 12 nitrogen and oxygen atoms in total. The van der Waals surface area contributed by atoms with Crippen molar-refractivity contribution in [1.29, 1.82) is 15.8 Å². The topological polar surface area (TPSA) is 208 Å². The van der Waals surface area contributed by atoms with Gasteiger partial charge in [-0.3, -0.25) is 25.7 Å². The fourth-order valence-corrected chi connectivity index (χ4v) is 1.71. The number of benzene rings is 1. The average Bonchev–Trinajstić information content (AvgIpc) is 2.56. The zero-order valence-corrected chi connectivity index (χ0v) is 12.7. The first kappa shape index (κ1) is 18.8. The molecule has 0 radical (unpaired) electrons. The van der Waals surface area contributed by atoms with Crippen LogP contribution >= 0.6 is 11.6 Å². The normalized spacial score (nSPS) is 9.92. The fraction of sp³-hybridized carbons (Fsp3) is 0. The van der Waals surface area contributed by atoms with Gasteiger partial charge in [-0.15, -0.1) is 0 Å². The monoisotopic (exact) mass is 360 g/mol. The van der Waals surface area contributed by atoms with E-state index in [1.807, 2.05) is 0 Å². The van der Waals surface area contributed by atoms with E-state index in [1.165, 1.54) is 18.2 Å². The van der Waals surface area contributed by atoms with E-state index in [4.69, 9.17) is 33.1 Å². The Morgan fingerprint density at radius 3 is 2.20 bits per heavy atom. The highest BCUT2D eigenvalue weighted by atomic mass is 35.5. The molecule has 0 bridgehead atoms. The number of halogens is 1. The fourth-order valence-electron chi connectivity index (χ4n) is 1.46. The minimum atomic E-state index is -0.946. The van der Waals surface area contributed by atoms with E-state index in [1.54, 1.807) is 0 Å². The largest absolute Gasteiger partial charge is 0.395 e.